The molecule has 0 saturated carbocycles. The first kappa shape index (κ1) is 26.0. The molecule has 0 aromatic heterocycles. The monoisotopic (exact) mass is 552 g/mol. The first-order chi connectivity index (χ1) is 15.8. The number of amides is 1. The lowest BCUT2D eigenvalue weighted by Gasteiger charge is -2.13. The summed E-state index contributed by atoms with van der Waals surface area (Å²) in [5.41, 5.74) is -0.934. The Balaban J connectivity index is 1.67. The van der Waals surface area contributed by atoms with Crippen LogP contribution in [0.4, 0.5) is 24.5 Å². The highest BCUT2D eigenvalue weighted by Crippen LogP contribution is 2.32. The van der Waals surface area contributed by atoms with E-state index in [1.165, 1.54) is 30.3 Å². The molecule has 0 atom stereocenters. The number of hydrogen-bond donors (Lipinski definition) is 2. The third-order valence-corrected chi connectivity index (χ3v) is 6.27. The molecule has 13 heteroatoms. The van der Waals surface area contributed by atoms with Crippen molar-refractivity contribution < 1.29 is 31.1 Å². The fourth-order valence-electron chi connectivity index (χ4n) is 2.71. The highest BCUT2D eigenvalue weighted by Gasteiger charge is 2.30. The van der Waals surface area contributed by atoms with Gasteiger partial charge in [-0.25, -0.2) is 8.42 Å². The van der Waals surface area contributed by atoms with E-state index in [2.05, 4.69) is 10.0 Å². The molecular formula is C21H14Cl3F3N2O4S. The molecule has 0 aliphatic carbocycles. The molecule has 1 amide bonds. The Hall–Kier alpha value is -2.66. The largest absolute Gasteiger partial charge is 0.482 e. The summed E-state index contributed by atoms with van der Waals surface area (Å²) in [4.78, 5) is 11.8. The number of benzene rings is 3. The van der Waals surface area contributed by atoms with Crippen LogP contribution in [-0.4, -0.2) is 20.9 Å². The number of alkyl halides is 3. The SMILES string of the molecule is O=C(COc1ccc(S(=O)(=O)Nc2cccc(C(F)(F)F)c2)cc1Cl)Nc1cc(Cl)cc(Cl)c1. The maximum absolute atomic E-state index is 12.9. The smallest absolute Gasteiger partial charge is 0.416 e. The normalized spacial score (nSPS) is 11.7. The van der Waals surface area contributed by atoms with Crippen molar-refractivity contribution >= 4 is 62.1 Å². The summed E-state index contributed by atoms with van der Waals surface area (Å²) >= 11 is 17.8. The molecule has 180 valence electrons. The van der Waals surface area contributed by atoms with E-state index in [4.69, 9.17) is 39.5 Å². The van der Waals surface area contributed by atoms with Crippen molar-refractivity contribution in [2.75, 3.05) is 16.6 Å². The van der Waals surface area contributed by atoms with E-state index in [0.717, 1.165) is 24.3 Å². The number of nitrogens with one attached hydrogen (secondary N) is 2. The van der Waals surface area contributed by atoms with Crippen LogP contribution in [0.5, 0.6) is 5.75 Å². The lowest BCUT2D eigenvalue weighted by Crippen LogP contribution is -2.20. The van der Waals surface area contributed by atoms with E-state index in [1.807, 2.05) is 0 Å². The van der Waals surface area contributed by atoms with Gasteiger partial charge < -0.3 is 10.1 Å². The Labute approximate surface area is 207 Å². The van der Waals surface area contributed by atoms with Crippen LogP contribution in [0.3, 0.4) is 0 Å². The number of ether oxygens (including phenoxy) is 1. The molecule has 6 nitrogen and oxygen atoms in total. The molecule has 0 radical (unpaired) electrons. The van der Waals surface area contributed by atoms with Gasteiger partial charge in [0.1, 0.15) is 5.75 Å². The molecule has 0 unspecified atom stereocenters. The van der Waals surface area contributed by atoms with Crippen molar-refractivity contribution in [2.45, 2.75) is 11.1 Å². The number of hydrogen-bond acceptors (Lipinski definition) is 4. The number of anilines is 2. The first-order valence-corrected chi connectivity index (χ1v) is 11.8. The van der Waals surface area contributed by atoms with Gasteiger partial charge in [0.2, 0.25) is 0 Å². The van der Waals surface area contributed by atoms with E-state index in [-0.39, 0.29) is 21.4 Å². The number of halogens is 6. The van der Waals surface area contributed by atoms with Gasteiger partial charge in [0.05, 0.1) is 15.5 Å². The van der Waals surface area contributed by atoms with Gasteiger partial charge in [-0.1, -0.05) is 40.9 Å². The predicted molar refractivity (Wildman–Crippen MR) is 124 cm³/mol. The van der Waals surface area contributed by atoms with E-state index >= 15 is 0 Å². The molecule has 3 rings (SSSR count). The zero-order chi connectivity index (χ0) is 25.1. The quantitative estimate of drug-likeness (QED) is 0.351. The van der Waals surface area contributed by atoms with Crippen molar-refractivity contribution in [3.63, 3.8) is 0 Å². The van der Waals surface area contributed by atoms with Crippen LogP contribution < -0.4 is 14.8 Å². The van der Waals surface area contributed by atoms with Crippen molar-refractivity contribution in [3.05, 3.63) is 81.3 Å². The number of sulfonamides is 1. The van der Waals surface area contributed by atoms with Gasteiger partial charge in [-0.05, 0) is 54.6 Å². The van der Waals surface area contributed by atoms with Crippen molar-refractivity contribution in [1.29, 1.82) is 0 Å². The molecule has 0 heterocycles. The third kappa shape index (κ3) is 6.92. The Bertz CT molecular complexity index is 1310. The maximum atomic E-state index is 12.9. The van der Waals surface area contributed by atoms with Gasteiger partial charge in [-0.3, -0.25) is 9.52 Å². The summed E-state index contributed by atoms with van der Waals surface area (Å²) in [5, 5.41) is 3.04. The second kappa shape index (κ2) is 10.3. The molecule has 0 bridgehead atoms. The maximum Gasteiger partial charge on any atom is 0.416 e. The molecule has 2 N–H and O–H groups in total. The summed E-state index contributed by atoms with van der Waals surface area (Å²) in [6.07, 6.45) is -4.63. The van der Waals surface area contributed by atoms with Crippen LogP contribution in [0.25, 0.3) is 0 Å². The van der Waals surface area contributed by atoms with Gasteiger partial charge in [0.25, 0.3) is 15.9 Å². The average Bonchev–Trinajstić information content (AvgIpc) is 2.71. The standard InChI is InChI=1S/C21H14Cl3F3N2O4S/c22-13-7-14(23)9-16(8-13)28-20(30)11-33-19-5-4-17(10-18(19)24)34(31,32)29-15-3-1-2-12(6-15)21(25,26)27/h1-10,29H,11H2,(H,28,30). The van der Waals surface area contributed by atoms with E-state index < -0.39 is 34.3 Å². The molecule has 0 aliphatic rings. The number of rotatable bonds is 7. The first-order valence-electron chi connectivity index (χ1n) is 9.22. The zero-order valence-electron chi connectivity index (χ0n) is 16.8. The predicted octanol–water partition coefficient (Wildman–Crippen LogP) is 6.48. The van der Waals surface area contributed by atoms with Gasteiger partial charge in [0, 0.05) is 21.4 Å². The molecule has 3 aromatic rings. The summed E-state index contributed by atoms with van der Waals surface area (Å²) in [5.74, 6) is -0.545. The fraction of sp³-hybridized carbons (Fsp3) is 0.0952. The average molecular weight is 554 g/mol. The highest BCUT2D eigenvalue weighted by molar-refractivity contribution is 7.92. The topological polar surface area (TPSA) is 84.5 Å². The van der Waals surface area contributed by atoms with Gasteiger partial charge >= 0.3 is 6.18 Å². The molecule has 3 aromatic carbocycles. The summed E-state index contributed by atoms with van der Waals surface area (Å²) in [6, 6.07) is 11.6. The molecule has 34 heavy (non-hydrogen) atoms. The minimum atomic E-state index is -4.63. The van der Waals surface area contributed by atoms with Gasteiger partial charge in [-0.2, -0.15) is 13.2 Å². The van der Waals surface area contributed by atoms with Gasteiger partial charge in [0.15, 0.2) is 6.61 Å². The van der Waals surface area contributed by atoms with Crippen LogP contribution >= 0.6 is 34.8 Å². The molecule has 0 fully saturated rings. The van der Waals surface area contributed by atoms with E-state index in [1.54, 1.807) is 0 Å². The number of carbonyl (C=O) groups is 1. The Morgan fingerprint density at radius 1 is 0.912 bits per heavy atom. The minimum absolute atomic E-state index is 0.0129. The van der Waals surface area contributed by atoms with Crippen LogP contribution in [0.1, 0.15) is 5.56 Å². The van der Waals surface area contributed by atoms with Gasteiger partial charge in [-0.15, -0.1) is 0 Å². The zero-order valence-corrected chi connectivity index (χ0v) is 19.9. The van der Waals surface area contributed by atoms with Crippen LogP contribution in [0.15, 0.2) is 65.6 Å². The third-order valence-electron chi connectivity index (χ3n) is 4.16. The van der Waals surface area contributed by atoms with Crippen molar-refractivity contribution in [2.24, 2.45) is 0 Å². The Morgan fingerprint density at radius 2 is 1.59 bits per heavy atom. The lowest BCUT2D eigenvalue weighted by atomic mass is 10.2. The van der Waals surface area contributed by atoms with Crippen molar-refractivity contribution in [3.8, 4) is 5.75 Å². The Morgan fingerprint density at radius 3 is 2.21 bits per heavy atom. The second-order valence-corrected chi connectivity index (χ2v) is 9.73. The molecular weight excluding hydrogens is 540 g/mol. The van der Waals surface area contributed by atoms with Crippen LogP contribution in [0.2, 0.25) is 15.1 Å². The van der Waals surface area contributed by atoms with Crippen molar-refractivity contribution in [1.82, 2.24) is 0 Å². The minimum Gasteiger partial charge on any atom is -0.482 e. The molecule has 0 aliphatic heterocycles. The highest BCUT2D eigenvalue weighted by atomic mass is 35.5. The lowest BCUT2D eigenvalue weighted by molar-refractivity contribution is -0.137. The van der Waals surface area contributed by atoms with E-state index in [9.17, 15) is 26.4 Å². The summed E-state index contributed by atoms with van der Waals surface area (Å²) in [7, 11) is -4.26. The molecule has 0 saturated heterocycles. The Kier molecular flexibility index (Phi) is 7.87. The fourth-order valence-corrected chi connectivity index (χ4v) is 4.61. The summed E-state index contributed by atoms with van der Waals surface area (Å²) < 4.78 is 71.1. The van der Waals surface area contributed by atoms with E-state index in [0.29, 0.717) is 21.8 Å². The number of carbonyl (C=O) groups excluding carboxylic acids is 1. The van der Waals surface area contributed by atoms with Crippen LogP contribution in [0, 0.1) is 0 Å². The van der Waals surface area contributed by atoms with Crippen LogP contribution in [-0.2, 0) is 21.0 Å². The second-order valence-electron chi connectivity index (χ2n) is 6.77. The summed E-state index contributed by atoms with van der Waals surface area (Å²) in [6.45, 7) is -0.460. The molecule has 0 spiro atoms.